The number of alkyl halides is 3. The molecule has 1 aromatic heterocycles. The molecule has 9 heteroatoms. The first-order chi connectivity index (χ1) is 12.7. The summed E-state index contributed by atoms with van der Waals surface area (Å²) < 4.78 is 37.9. The van der Waals surface area contributed by atoms with E-state index in [1.165, 1.54) is 13.0 Å². The average molecular weight is 384 g/mol. The van der Waals surface area contributed by atoms with Crippen molar-refractivity contribution in [1.82, 2.24) is 15.2 Å². The molecule has 0 radical (unpaired) electrons. The van der Waals surface area contributed by atoms with E-state index in [1.54, 1.807) is 4.90 Å². The molecule has 1 aromatic rings. The first-order valence-corrected chi connectivity index (χ1v) is 9.08. The molecule has 6 nitrogen and oxygen atoms in total. The number of hydrogen-bond acceptors (Lipinski definition) is 4. The van der Waals surface area contributed by atoms with E-state index in [9.17, 15) is 22.8 Å². The lowest BCUT2D eigenvalue weighted by Gasteiger charge is -2.31. The zero-order valence-corrected chi connectivity index (χ0v) is 15.1. The molecular formula is C18H23F3N4O2. The highest BCUT2D eigenvalue weighted by Crippen LogP contribution is 2.30. The van der Waals surface area contributed by atoms with E-state index in [-0.39, 0.29) is 23.8 Å². The number of nitrogens with zero attached hydrogens (tertiary/aromatic N) is 3. The number of amides is 2. The normalized spacial score (nSPS) is 21.4. The van der Waals surface area contributed by atoms with Gasteiger partial charge in [0.15, 0.2) is 0 Å². The Balaban J connectivity index is 1.50. The van der Waals surface area contributed by atoms with Gasteiger partial charge in [-0.25, -0.2) is 4.98 Å². The number of halogens is 3. The SMILES string of the molecule is CC(=O)N1CCC(C(=O)NC2CCN(c3ccc(C(F)(F)F)cn3)C2)CC1. The maximum absolute atomic E-state index is 12.6. The van der Waals surface area contributed by atoms with Gasteiger partial charge in [0.1, 0.15) is 5.82 Å². The monoisotopic (exact) mass is 384 g/mol. The highest BCUT2D eigenvalue weighted by Gasteiger charge is 2.32. The van der Waals surface area contributed by atoms with Crippen LogP contribution in [0.3, 0.4) is 0 Å². The molecule has 2 aliphatic rings. The Morgan fingerprint density at radius 3 is 2.41 bits per heavy atom. The van der Waals surface area contributed by atoms with Crippen LogP contribution in [0.25, 0.3) is 0 Å². The number of nitrogens with one attached hydrogen (secondary N) is 1. The molecular weight excluding hydrogens is 361 g/mol. The highest BCUT2D eigenvalue weighted by molar-refractivity contribution is 5.80. The fourth-order valence-electron chi connectivity index (χ4n) is 3.60. The topological polar surface area (TPSA) is 65.5 Å². The molecule has 0 spiro atoms. The van der Waals surface area contributed by atoms with Crippen molar-refractivity contribution < 1.29 is 22.8 Å². The fraction of sp³-hybridized carbons (Fsp3) is 0.611. The molecule has 3 rings (SSSR count). The van der Waals surface area contributed by atoms with Gasteiger partial charge in [0.25, 0.3) is 0 Å². The van der Waals surface area contributed by atoms with E-state index >= 15 is 0 Å². The minimum Gasteiger partial charge on any atom is -0.354 e. The number of piperidine rings is 1. The molecule has 2 aliphatic heterocycles. The van der Waals surface area contributed by atoms with Crippen LogP contribution in [0.5, 0.6) is 0 Å². The maximum Gasteiger partial charge on any atom is 0.417 e. The summed E-state index contributed by atoms with van der Waals surface area (Å²) in [6, 6.07) is 2.34. The van der Waals surface area contributed by atoms with Gasteiger partial charge in [-0.05, 0) is 31.4 Å². The Kier molecular flexibility index (Phi) is 5.57. The molecule has 3 heterocycles. The van der Waals surface area contributed by atoms with E-state index in [0.29, 0.717) is 44.8 Å². The summed E-state index contributed by atoms with van der Waals surface area (Å²) in [6.07, 6.45) is -1.53. The van der Waals surface area contributed by atoms with E-state index < -0.39 is 11.7 Å². The van der Waals surface area contributed by atoms with Gasteiger partial charge in [-0.2, -0.15) is 13.2 Å². The molecule has 2 amide bonds. The first-order valence-electron chi connectivity index (χ1n) is 9.08. The largest absolute Gasteiger partial charge is 0.417 e. The summed E-state index contributed by atoms with van der Waals surface area (Å²) in [5, 5.41) is 3.04. The zero-order chi connectivity index (χ0) is 19.6. The Morgan fingerprint density at radius 2 is 1.85 bits per heavy atom. The van der Waals surface area contributed by atoms with E-state index in [4.69, 9.17) is 0 Å². The van der Waals surface area contributed by atoms with Crippen LogP contribution >= 0.6 is 0 Å². The number of aromatic nitrogens is 1. The number of pyridine rings is 1. The summed E-state index contributed by atoms with van der Waals surface area (Å²) in [7, 11) is 0. The van der Waals surface area contributed by atoms with Crippen molar-refractivity contribution in [2.24, 2.45) is 5.92 Å². The molecule has 27 heavy (non-hydrogen) atoms. The lowest BCUT2D eigenvalue weighted by Crippen LogP contribution is -2.45. The number of anilines is 1. The first kappa shape index (κ1) is 19.4. The molecule has 1 unspecified atom stereocenters. The lowest BCUT2D eigenvalue weighted by atomic mass is 9.95. The van der Waals surface area contributed by atoms with Crippen molar-refractivity contribution in [3.8, 4) is 0 Å². The second-order valence-electron chi connectivity index (χ2n) is 7.12. The van der Waals surface area contributed by atoms with E-state index in [0.717, 1.165) is 18.7 Å². The molecule has 2 saturated heterocycles. The molecule has 0 aliphatic carbocycles. The second-order valence-corrected chi connectivity index (χ2v) is 7.12. The van der Waals surface area contributed by atoms with Crippen molar-refractivity contribution >= 4 is 17.6 Å². The lowest BCUT2D eigenvalue weighted by molar-refractivity contribution is -0.137. The highest BCUT2D eigenvalue weighted by atomic mass is 19.4. The standard InChI is InChI=1S/C18H23F3N4O2/c1-12(26)24-7-4-13(5-8-24)17(27)23-15-6-9-25(11-15)16-3-2-14(10-22-16)18(19,20)21/h2-3,10,13,15H,4-9,11H2,1H3,(H,23,27). The van der Waals surface area contributed by atoms with Crippen LogP contribution in [-0.2, 0) is 15.8 Å². The number of likely N-dealkylation sites (tertiary alicyclic amines) is 1. The van der Waals surface area contributed by atoms with Crippen molar-refractivity contribution in [2.75, 3.05) is 31.1 Å². The van der Waals surface area contributed by atoms with Gasteiger partial charge in [-0.3, -0.25) is 9.59 Å². The Hall–Kier alpha value is -2.32. The third kappa shape index (κ3) is 4.70. The number of carbonyl (C=O) groups is 2. The van der Waals surface area contributed by atoms with Crippen LogP contribution in [0, 0.1) is 5.92 Å². The van der Waals surface area contributed by atoms with Crippen LogP contribution in [0.1, 0.15) is 31.7 Å². The minimum atomic E-state index is -4.40. The average Bonchev–Trinajstić information content (AvgIpc) is 3.09. The number of carbonyl (C=O) groups excluding carboxylic acids is 2. The van der Waals surface area contributed by atoms with Gasteiger partial charge in [0.2, 0.25) is 11.8 Å². The molecule has 1 atom stereocenters. The zero-order valence-electron chi connectivity index (χ0n) is 15.1. The third-order valence-electron chi connectivity index (χ3n) is 5.24. The summed E-state index contributed by atoms with van der Waals surface area (Å²) in [6.45, 7) is 3.88. The van der Waals surface area contributed by atoms with Crippen LogP contribution < -0.4 is 10.2 Å². The van der Waals surface area contributed by atoms with Crippen LogP contribution in [-0.4, -0.2) is 53.9 Å². The van der Waals surface area contributed by atoms with Gasteiger partial charge >= 0.3 is 6.18 Å². The summed E-state index contributed by atoms with van der Waals surface area (Å²) >= 11 is 0. The maximum atomic E-state index is 12.6. The molecule has 0 aromatic carbocycles. The van der Waals surface area contributed by atoms with E-state index in [2.05, 4.69) is 10.3 Å². The Morgan fingerprint density at radius 1 is 1.15 bits per heavy atom. The predicted molar refractivity (Wildman–Crippen MR) is 93.0 cm³/mol. The number of hydrogen-bond donors (Lipinski definition) is 1. The van der Waals surface area contributed by atoms with Gasteiger partial charge in [-0.1, -0.05) is 0 Å². The number of rotatable bonds is 3. The predicted octanol–water partition coefficient (Wildman–Crippen LogP) is 2.05. The Bertz CT molecular complexity index is 685. The Labute approximate surface area is 155 Å². The quantitative estimate of drug-likeness (QED) is 0.866. The van der Waals surface area contributed by atoms with Crippen molar-refractivity contribution in [2.45, 2.75) is 38.4 Å². The van der Waals surface area contributed by atoms with Crippen molar-refractivity contribution in [3.63, 3.8) is 0 Å². The van der Waals surface area contributed by atoms with E-state index in [1.807, 2.05) is 4.90 Å². The van der Waals surface area contributed by atoms with Crippen LogP contribution in [0.2, 0.25) is 0 Å². The third-order valence-corrected chi connectivity index (χ3v) is 5.24. The summed E-state index contributed by atoms with van der Waals surface area (Å²) in [4.78, 5) is 31.3. The smallest absolute Gasteiger partial charge is 0.354 e. The fourth-order valence-corrected chi connectivity index (χ4v) is 3.60. The van der Waals surface area contributed by atoms with Gasteiger partial charge < -0.3 is 15.1 Å². The summed E-state index contributed by atoms with van der Waals surface area (Å²) in [5.41, 5.74) is -0.771. The van der Waals surface area contributed by atoms with Crippen molar-refractivity contribution in [3.05, 3.63) is 23.9 Å². The van der Waals surface area contributed by atoms with Crippen LogP contribution in [0.15, 0.2) is 18.3 Å². The molecule has 148 valence electrons. The molecule has 0 bridgehead atoms. The van der Waals surface area contributed by atoms with Gasteiger partial charge in [-0.15, -0.1) is 0 Å². The molecule has 0 saturated carbocycles. The van der Waals surface area contributed by atoms with Gasteiger partial charge in [0.05, 0.1) is 5.56 Å². The summed E-state index contributed by atoms with van der Waals surface area (Å²) in [5.74, 6) is 0.406. The minimum absolute atomic E-state index is 0.00886. The van der Waals surface area contributed by atoms with Crippen molar-refractivity contribution in [1.29, 1.82) is 0 Å². The van der Waals surface area contributed by atoms with Crippen LogP contribution in [0.4, 0.5) is 19.0 Å². The molecule has 2 fully saturated rings. The van der Waals surface area contributed by atoms with Gasteiger partial charge in [0, 0.05) is 51.3 Å². The molecule has 1 N–H and O–H groups in total. The second kappa shape index (κ2) is 7.74.